The Morgan fingerprint density at radius 2 is 1.92 bits per heavy atom. The first-order chi connectivity index (χ1) is 11.9. The summed E-state index contributed by atoms with van der Waals surface area (Å²) in [7, 11) is -2.19. The van der Waals surface area contributed by atoms with Gasteiger partial charge in [-0.25, -0.2) is 13.6 Å². The average Bonchev–Trinajstić information content (AvgIpc) is 2.96. The van der Waals surface area contributed by atoms with Gasteiger partial charge >= 0.3 is 0 Å². The highest BCUT2D eigenvalue weighted by Crippen LogP contribution is 2.26. The van der Waals surface area contributed by atoms with Gasteiger partial charge < -0.3 is 14.5 Å². The zero-order valence-corrected chi connectivity index (χ0v) is 14.2. The second-order valence-corrected chi connectivity index (χ2v) is 6.98. The molecule has 3 rings (SSSR count). The summed E-state index contributed by atoms with van der Waals surface area (Å²) in [6, 6.07) is 11.0. The molecule has 0 saturated heterocycles. The standard InChI is InChI=1S/C17H16N2O5S/c1-23-13-4-7-15-11(10-24-16(15)9-13)8-17(20)19-12-2-5-14(6-3-12)25(18,21)22/h2-7,9-10H,8H2,1H3,(H,19,20)(H2,18,21,22). The molecule has 2 aromatic carbocycles. The number of amides is 1. The van der Waals surface area contributed by atoms with Crippen LogP contribution in [-0.4, -0.2) is 21.4 Å². The van der Waals surface area contributed by atoms with Crippen molar-refractivity contribution in [2.75, 3.05) is 12.4 Å². The SMILES string of the molecule is COc1ccc2c(CC(=O)Nc3ccc(S(N)(=O)=O)cc3)coc2c1. The number of nitrogens with one attached hydrogen (secondary N) is 1. The predicted octanol–water partition coefficient (Wildman–Crippen LogP) is 2.27. The summed E-state index contributed by atoms with van der Waals surface area (Å²) < 4.78 is 33.0. The van der Waals surface area contributed by atoms with Crippen molar-refractivity contribution < 1.29 is 22.4 Å². The molecule has 130 valence electrons. The van der Waals surface area contributed by atoms with E-state index in [-0.39, 0.29) is 17.2 Å². The molecule has 0 aliphatic carbocycles. The van der Waals surface area contributed by atoms with E-state index in [9.17, 15) is 13.2 Å². The van der Waals surface area contributed by atoms with Crippen LogP contribution in [0, 0.1) is 0 Å². The van der Waals surface area contributed by atoms with Crippen LogP contribution in [0.2, 0.25) is 0 Å². The van der Waals surface area contributed by atoms with Crippen molar-refractivity contribution in [2.45, 2.75) is 11.3 Å². The summed E-state index contributed by atoms with van der Waals surface area (Å²) in [5.74, 6) is 0.426. The molecule has 0 unspecified atom stereocenters. The van der Waals surface area contributed by atoms with Crippen molar-refractivity contribution in [1.29, 1.82) is 0 Å². The van der Waals surface area contributed by atoms with Gasteiger partial charge in [-0.1, -0.05) is 0 Å². The van der Waals surface area contributed by atoms with Gasteiger partial charge in [0.1, 0.15) is 11.3 Å². The highest BCUT2D eigenvalue weighted by Gasteiger charge is 2.12. The van der Waals surface area contributed by atoms with Gasteiger partial charge in [-0.15, -0.1) is 0 Å². The lowest BCUT2D eigenvalue weighted by atomic mass is 10.1. The molecule has 0 saturated carbocycles. The highest BCUT2D eigenvalue weighted by atomic mass is 32.2. The third-order valence-corrected chi connectivity index (χ3v) is 4.61. The van der Waals surface area contributed by atoms with Crippen LogP contribution in [0.3, 0.4) is 0 Å². The van der Waals surface area contributed by atoms with E-state index in [0.717, 1.165) is 10.9 Å². The lowest BCUT2D eigenvalue weighted by molar-refractivity contribution is -0.115. The minimum atomic E-state index is -3.75. The summed E-state index contributed by atoms with van der Waals surface area (Å²) in [4.78, 5) is 12.2. The molecule has 1 aromatic heterocycles. The van der Waals surface area contributed by atoms with Gasteiger partial charge in [0.15, 0.2) is 0 Å². The summed E-state index contributed by atoms with van der Waals surface area (Å²) >= 11 is 0. The van der Waals surface area contributed by atoms with E-state index in [4.69, 9.17) is 14.3 Å². The Morgan fingerprint density at radius 3 is 2.56 bits per heavy atom. The van der Waals surface area contributed by atoms with Crippen molar-refractivity contribution in [2.24, 2.45) is 5.14 Å². The fraction of sp³-hybridized carbons (Fsp3) is 0.118. The van der Waals surface area contributed by atoms with E-state index in [2.05, 4.69) is 5.32 Å². The maximum Gasteiger partial charge on any atom is 0.238 e. The Bertz CT molecular complexity index is 1020. The van der Waals surface area contributed by atoms with E-state index < -0.39 is 10.0 Å². The number of methoxy groups -OCH3 is 1. The molecule has 0 spiro atoms. The Labute approximate surface area is 144 Å². The van der Waals surface area contributed by atoms with E-state index in [0.29, 0.717) is 17.0 Å². The average molecular weight is 360 g/mol. The molecular formula is C17H16N2O5S. The fourth-order valence-electron chi connectivity index (χ4n) is 2.43. The summed E-state index contributed by atoms with van der Waals surface area (Å²) in [6.07, 6.45) is 1.66. The molecule has 0 aliphatic heterocycles. The van der Waals surface area contributed by atoms with Crippen molar-refractivity contribution in [1.82, 2.24) is 0 Å². The molecule has 3 N–H and O–H groups in total. The van der Waals surface area contributed by atoms with E-state index in [1.165, 1.54) is 30.5 Å². The number of hydrogen-bond donors (Lipinski definition) is 2. The molecular weight excluding hydrogens is 344 g/mol. The molecule has 0 fully saturated rings. The number of fused-ring (bicyclic) bond motifs is 1. The van der Waals surface area contributed by atoms with Gasteiger partial charge in [0.05, 0.1) is 24.7 Å². The van der Waals surface area contributed by atoms with E-state index in [1.807, 2.05) is 6.07 Å². The second-order valence-electron chi connectivity index (χ2n) is 5.42. The maximum atomic E-state index is 12.2. The van der Waals surface area contributed by atoms with Crippen molar-refractivity contribution in [3.8, 4) is 5.75 Å². The molecule has 0 aliphatic rings. The van der Waals surface area contributed by atoms with E-state index in [1.54, 1.807) is 19.2 Å². The molecule has 0 radical (unpaired) electrons. The zero-order chi connectivity index (χ0) is 18.0. The lowest BCUT2D eigenvalue weighted by Crippen LogP contribution is -2.15. The molecule has 7 nitrogen and oxygen atoms in total. The summed E-state index contributed by atoms with van der Waals surface area (Å²) in [6.45, 7) is 0. The predicted molar refractivity (Wildman–Crippen MR) is 92.9 cm³/mol. The van der Waals surface area contributed by atoms with E-state index >= 15 is 0 Å². The second kappa shape index (κ2) is 6.58. The largest absolute Gasteiger partial charge is 0.497 e. The summed E-state index contributed by atoms with van der Waals surface area (Å²) in [5.41, 5.74) is 1.86. The van der Waals surface area contributed by atoms with Crippen LogP contribution >= 0.6 is 0 Å². The Morgan fingerprint density at radius 1 is 1.20 bits per heavy atom. The third-order valence-electron chi connectivity index (χ3n) is 3.68. The van der Waals surface area contributed by atoms with Gasteiger partial charge in [0.25, 0.3) is 0 Å². The lowest BCUT2D eigenvalue weighted by Gasteiger charge is -2.05. The first-order valence-corrected chi connectivity index (χ1v) is 8.88. The Hall–Kier alpha value is -2.84. The van der Waals surface area contributed by atoms with Crippen LogP contribution in [0.25, 0.3) is 11.0 Å². The quantitative estimate of drug-likeness (QED) is 0.725. The maximum absolute atomic E-state index is 12.2. The molecule has 3 aromatic rings. The minimum Gasteiger partial charge on any atom is -0.497 e. The number of hydrogen-bond acceptors (Lipinski definition) is 5. The number of carbonyl (C=O) groups is 1. The molecule has 0 bridgehead atoms. The zero-order valence-electron chi connectivity index (χ0n) is 13.4. The van der Waals surface area contributed by atoms with Gasteiger partial charge in [-0.05, 0) is 36.4 Å². The molecule has 1 heterocycles. The monoisotopic (exact) mass is 360 g/mol. The third kappa shape index (κ3) is 3.81. The van der Waals surface area contributed by atoms with Crippen LogP contribution in [0.1, 0.15) is 5.56 Å². The van der Waals surface area contributed by atoms with Crippen LogP contribution in [0.15, 0.2) is 58.0 Å². The van der Waals surface area contributed by atoms with Gasteiger partial charge in [0, 0.05) is 22.7 Å². The molecule has 25 heavy (non-hydrogen) atoms. The van der Waals surface area contributed by atoms with Crippen molar-refractivity contribution in [3.63, 3.8) is 0 Å². The van der Waals surface area contributed by atoms with Crippen molar-refractivity contribution >= 4 is 32.6 Å². The summed E-state index contributed by atoms with van der Waals surface area (Å²) in [5, 5.41) is 8.58. The number of sulfonamides is 1. The van der Waals surface area contributed by atoms with Crippen molar-refractivity contribution in [3.05, 3.63) is 54.3 Å². The fourth-order valence-corrected chi connectivity index (χ4v) is 2.95. The normalized spacial score (nSPS) is 11.4. The number of primary sulfonamides is 1. The number of furan rings is 1. The Balaban J connectivity index is 1.72. The topological polar surface area (TPSA) is 112 Å². The molecule has 1 amide bonds. The first kappa shape index (κ1) is 17.0. The number of rotatable bonds is 5. The van der Waals surface area contributed by atoms with Crippen LogP contribution in [0.5, 0.6) is 5.75 Å². The minimum absolute atomic E-state index is 0.0136. The van der Waals surface area contributed by atoms with Gasteiger partial charge in [-0.3, -0.25) is 4.79 Å². The van der Waals surface area contributed by atoms with Gasteiger partial charge in [0.2, 0.25) is 15.9 Å². The number of ether oxygens (including phenoxy) is 1. The smallest absolute Gasteiger partial charge is 0.238 e. The van der Waals surface area contributed by atoms with Gasteiger partial charge in [-0.2, -0.15) is 0 Å². The molecule has 8 heteroatoms. The van der Waals surface area contributed by atoms with Crippen LogP contribution in [0.4, 0.5) is 5.69 Å². The molecule has 0 atom stereocenters. The number of benzene rings is 2. The number of carbonyl (C=O) groups excluding carboxylic acids is 1. The highest BCUT2D eigenvalue weighted by molar-refractivity contribution is 7.89. The Kier molecular flexibility index (Phi) is 4.47. The number of anilines is 1. The first-order valence-electron chi connectivity index (χ1n) is 7.33. The van der Waals surface area contributed by atoms with Crippen LogP contribution in [-0.2, 0) is 21.2 Å². The number of nitrogens with two attached hydrogens (primary N) is 1. The van der Waals surface area contributed by atoms with Crippen LogP contribution < -0.4 is 15.2 Å².